The number of rotatable bonds is 5. The van der Waals surface area contributed by atoms with E-state index in [0.717, 1.165) is 41.5 Å². The van der Waals surface area contributed by atoms with Crippen LogP contribution < -0.4 is 10.2 Å². The molecule has 1 N–H and O–H groups in total. The summed E-state index contributed by atoms with van der Waals surface area (Å²) >= 11 is 1.71. The molecule has 0 bridgehead atoms. The van der Waals surface area contributed by atoms with Crippen LogP contribution >= 0.6 is 11.3 Å². The van der Waals surface area contributed by atoms with Crippen LogP contribution in [0.1, 0.15) is 40.0 Å². The van der Waals surface area contributed by atoms with Crippen molar-refractivity contribution < 1.29 is 4.79 Å². The summed E-state index contributed by atoms with van der Waals surface area (Å²) in [6.07, 6.45) is 3.31. The Morgan fingerprint density at radius 1 is 1.26 bits per heavy atom. The standard InChI is InChI=1S/C18H23N3OS/c1-13-5-6-15(11-14(13)2)17(22)19-8-7-16-12-23-18(20-16)21-9-3-4-10-21/h5-6,11-12H,3-4,7-10H2,1-2H3,(H,19,22). The number of benzene rings is 1. The van der Waals surface area contributed by atoms with Crippen molar-refractivity contribution in [3.05, 3.63) is 46.0 Å². The largest absolute Gasteiger partial charge is 0.352 e. The van der Waals surface area contributed by atoms with Gasteiger partial charge >= 0.3 is 0 Å². The Labute approximate surface area is 141 Å². The molecule has 1 aliphatic rings. The molecule has 4 nitrogen and oxygen atoms in total. The van der Waals surface area contributed by atoms with Crippen molar-refractivity contribution in [2.75, 3.05) is 24.5 Å². The van der Waals surface area contributed by atoms with Gasteiger partial charge in [-0.25, -0.2) is 4.98 Å². The number of nitrogens with one attached hydrogen (secondary N) is 1. The van der Waals surface area contributed by atoms with Crippen molar-refractivity contribution in [3.8, 4) is 0 Å². The summed E-state index contributed by atoms with van der Waals surface area (Å²) in [5.74, 6) is -0.0110. The molecule has 0 aliphatic carbocycles. The molecule has 23 heavy (non-hydrogen) atoms. The van der Waals surface area contributed by atoms with Crippen molar-refractivity contribution in [2.24, 2.45) is 0 Å². The van der Waals surface area contributed by atoms with Crippen molar-refractivity contribution >= 4 is 22.4 Å². The summed E-state index contributed by atoms with van der Waals surface area (Å²) in [4.78, 5) is 19.2. The molecule has 1 aromatic carbocycles. The number of nitrogens with zero attached hydrogens (tertiary/aromatic N) is 2. The SMILES string of the molecule is Cc1ccc(C(=O)NCCc2csc(N3CCCC3)n2)cc1C. The molecule has 122 valence electrons. The molecule has 1 amide bonds. The van der Waals surface area contributed by atoms with Crippen LogP contribution in [0.5, 0.6) is 0 Å². The highest BCUT2D eigenvalue weighted by molar-refractivity contribution is 7.13. The summed E-state index contributed by atoms with van der Waals surface area (Å²) in [5, 5.41) is 6.22. The molecular weight excluding hydrogens is 306 g/mol. The predicted octanol–water partition coefficient (Wildman–Crippen LogP) is 3.33. The Hall–Kier alpha value is -1.88. The van der Waals surface area contributed by atoms with Crippen LogP contribution in [0.2, 0.25) is 0 Å². The Kier molecular flexibility index (Phi) is 4.96. The first-order valence-electron chi connectivity index (χ1n) is 8.18. The highest BCUT2D eigenvalue weighted by Crippen LogP contribution is 2.24. The van der Waals surface area contributed by atoms with Crippen LogP contribution in [-0.4, -0.2) is 30.5 Å². The van der Waals surface area contributed by atoms with E-state index in [2.05, 4.69) is 27.5 Å². The average Bonchev–Trinajstić information content (AvgIpc) is 3.20. The van der Waals surface area contributed by atoms with Gasteiger partial charge in [0.05, 0.1) is 5.69 Å². The molecule has 5 heteroatoms. The van der Waals surface area contributed by atoms with E-state index in [9.17, 15) is 4.79 Å². The molecular formula is C18H23N3OS. The minimum atomic E-state index is -0.0110. The Morgan fingerprint density at radius 2 is 2.04 bits per heavy atom. The fourth-order valence-corrected chi connectivity index (χ4v) is 3.67. The maximum absolute atomic E-state index is 12.2. The van der Waals surface area contributed by atoms with Gasteiger partial charge in [0.1, 0.15) is 0 Å². The number of amides is 1. The van der Waals surface area contributed by atoms with Crippen LogP contribution in [0.3, 0.4) is 0 Å². The Balaban J connectivity index is 1.50. The van der Waals surface area contributed by atoms with Gasteiger partial charge in [-0.2, -0.15) is 0 Å². The van der Waals surface area contributed by atoms with Gasteiger partial charge in [-0.15, -0.1) is 11.3 Å². The number of hydrogen-bond donors (Lipinski definition) is 1. The zero-order chi connectivity index (χ0) is 16.2. The second-order valence-corrected chi connectivity index (χ2v) is 6.96. The van der Waals surface area contributed by atoms with Gasteiger partial charge in [0.2, 0.25) is 0 Å². The van der Waals surface area contributed by atoms with E-state index in [4.69, 9.17) is 0 Å². The first-order chi connectivity index (χ1) is 11.1. The van der Waals surface area contributed by atoms with Crippen LogP contribution in [0, 0.1) is 13.8 Å². The zero-order valence-corrected chi connectivity index (χ0v) is 14.6. The fourth-order valence-electron chi connectivity index (χ4n) is 2.75. The van der Waals surface area contributed by atoms with Crippen LogP contribution in [0.4, 0.5) is 5.13 Å². The van der Waals surface area contributed by atoms with Crippen LogP contribution in [-0.2, 0) is 6.42 Å². The third-order valence-electron chi connectivity index (χ3n) is 4.35. The van der Waals surface area contributed by atoms with E-state index in [1.807, 2.05) is 25.1 Å². The third kappa shape index (κ3) is 3.91. The van der Waals surface area contributed by atoms with Gasteiger partial charge in [-0.3, -0.25) is 4.79 Å². The quantitative estimate of drug-likeness (QED) is 0.915. The summed E-state index contributed by atoms with van der Waals surface area (Å²) in [6, 6.07) is 5.82. The molecule has 0 unspecified atom stereocenters. The molecule has 0 atom stereocenters. The van der Waals surface area contributed by atoms with Gasteiger partial charge in [0, 0.05) is 37.0 Å². The molecule has 1 saturated heterocycles. The van der Waals surface area contributed by atoms with Gasteiger partial charge in [0.15, 0.2) is 5.13 Å². The van der Waals surface area contributed by atoms with E-state index in [1.165, 1.54) is 18.4 Å². The van der Waals surface area contributed by atoms with E-state index in [-0.39, 0.29) is 5.91 Å². The molecule has 2 aromatic rings. The topological polar surface area (TPSA) is 45.2 Å². The number of thiazole rings is 1. The smallest absolute Gasteiger partial charge is 0.251 e. The van der Waals surface area contributed by atoms with Gasteiger partial charge < -0.3 is 10.2 Å². The van der Waals surface area contributed by atoms with Crippen molar-refractivity contribution in [3.63, 3.8) is 0 Å². The lowest BCUT2D eigenvalue weighted by molar-refractivity contribution is 0.0954. The average molecular weight is 329 g/mol. The second kappa shape index (κ2) is 7.13. The molecule has 3 rings (SSSR count). The molecule has 2 heterocycles. The highest BCUT2D eigenvalue weighted by Gasteiger charge is 2.15. The molecule has 0 radical (unpaired) electrons. The minimum Gasteiger partial charge on any atom is -0.352 e. The predicted molar refractivity (Wildman–Crippen MR) is 95.5 cm³/mol. The Morgan fingerprint density at radius 3 is 2.78 bits per heavy atom. The molecule has 0 saturated carbocycles. The van der Waals surface area contributed by atoms with E-state index >= 15 is 0 Å². The number of anilines is 1. The molecule has 1 aliphatic heterocycles. The first-order valence-corrected chi connectivity index (χ1v) is 9.06. The van der Waals surface area contributed by atoms with Crippen molar-refractivity contribution in [1.29, 1.82) is 0 Å². The van der Waals surface area contributed by atoms with Crippen LogP contribution in [0.25, 0.3) is 0 Å². The molecule has 1 aromatic heterocycles. The lowest BCUT2D eigenvalue weighted by Gasteiger charge is -2.12. The lowest BCUT2D eigenvalue weighted by atomic mass is 10.1. The summed E-state index contributed by atoms with van der Waals surface area (Å²) in [6.45, 7) is 6.94. The monoisotopic (exact) mass is 329 g/mol. The number of aryl methyl sites for hydroxylation is 2. The second-order valence-electron chi connectivity index (χ2n) is 6.12. The Bertz CT molecular complexity index is 689. The zero-order valence-electron chi connectivity index (χ0n) is 13.8. The van der Waals surface area contributed by atoms with Gasteiger partial charge in [-0.05, 0) is 49.9 Å². The number of carbonyl (C=O) groups is 1. The maximum Gasteiger partial charge on any atom is 0.251 e. The summed E-state index contributed by atoms with van der Waals surface area (Å²) < 4.78 is 0. The van der Waals surface area contributed by atoms with Crippen molar-refractivity contribution in [2.45, 2.75) is 33.1 Å². The van der Waals surface area contributed by atoms with Crippen LogP contribution in [0.15, 0.2) is 23.6 Å². The number of carbonyl (C=O) groups excluding carboxylic acids is 1. The highest BCUT2D eigenvalue weighted by atomic mass is 32.1. The normalized spacial score (nSPS) is 14.3. The van der Waals surface area contributed by atoms with E-state index in [0.29, 0.717) is 6.54 Å². The fraction of sp³-hybridized carbons (Fsp3) is 0.444. The number of aromatic nitrogens is 1. The van der Waals surface area contributed by atoms with E-state index < -0.39 is 0 Å². The molecule has 1 fully saturated rings. The first kappa shape index (κ1) is 16.0. The van der Waals surface area contributed by atoms with E-state index in [1.54, 1.807) is 11.3 Å². The summed E-state index contributed by atoms with van der Waals surface area (Å²) in [7, 11) is 0. The third-order valence-corrected chi connectivity index (χ3v) is 5.30. The minimum absolute atomic E-state index is 0.0110. The summed E-state index contributed by atoms with van der Waals surface area (Å²) in [5.41, 5.74) is 4.15. The lowest BCUT2D eigenvalue weighted by Crippen LogP contribution is -2.26. The maximum atomic E-state index is 12.2. The van der Waals surface area contributed by atoms with Gasteiger partial charge in [-0.1, -0.05) is 6.07 Å². The molecule has 0 spiro atoms. The van der Waals surface area contributed by atoms with Crippen molar-refractivity contribution in [1.82, 2.24) is 10.3 Å². The van der Waals surface area contributed by atoms with Gasteiger partial charge in [0.25, 0.3) is 5.91 Å². The number of hydrogen-bond acceptors (Lipinski definition) is 4.